The molecule has 3 saturated heterocycles. The highest BCUT2D eigenvalue weighted by Crippen LogP contribution is 2.27. The highest BCUT2D eigenvalue weighted by Gasteiger charge is 2.35. The van der Waals surface area contributed by atoms with E-state index >= 15 is 0 Å². The van der Waals surface area contributed by atoms with Gasteiger partial charge in [0.1, 0.15) is 11.4 Å². The van der Waals surface area contributed by atoms with Crippen molar-refractivity contribution in [3.8, 4) is 0 Å². The van der Waals surface area contributed by atoms with Crippen LogP contribution >= 0.6 is 0 Å². The van der Waals surface area contributed by atoms with Crippen molar-refractivity contribution in [3.63, 3.8) is 0 Å². The van der Waals surface area contributed by atoms with Gasteiger partial charge in [-0.25, -0.2) is 0 Å². The molecule has 6 nitrogen and oxygen atoms in total. The zero-order valence-corrected chi connectivity index (χ0v) is 10.6. The second-order valence-electron chi connectivity index (χ2n) is 5.29. The van der Waals surface area contributed by atoms with Crippen LogP contribution in [0.3, 0.4) is 0 Å². The molecule has 0 aliphatic carbocycles. The molecule has 3 aliphatic heterocycles. The van der Waals surface area contributed by atoms with Gasteiger partial charge in [0.2, 0.25) is 0 Å². The molecule has 0 radical (unpaired) electrons. The highest BCUT2D eigenvalue weighted by molar-refractivity contribution is 5.98. The second kappa shape index (κ2) is 4.28. The molecule has 98 valence electrons. The number of nitrogens with two attached hydrogens (primary N) is 1. The third-order valence-electron chi connectivity index (χ3n) is 4.20. The summed E-state index contributed by atoms with van der Waals surface area (Å²) < 4.78 is 1.52. The summed E-state index contributed by atoms with van der Waals surface area (Å²) >= 11 is 0. The van der Waals surface area contributed by atoms with Crippen LogP contribution in [0.5, 0.6) is 0 Å². The van der Waals surface area contributed by atoms with E-state index in [-0.39, 0.29) is 11.9 Å². The quantitative estimate of drug-likeness (QED) is 0.763. The number of aromatic nitrogens is 2. The molecular formula is C12H19N5O. The number of hydrogen-bond donors (Lipinski definition) is 2. The summed E-state index contributed by atoms with van der Waals surface area (Å²) in [6.07, 6.45) is 3.91. The molecule has 18 heavy (non-hydrogen) atoms. The Morgan fingerprint density at radius 3 is 2.72 bits per heavy atom. The van der Waals surface area contributed by atoms with E-state index in [9.17, 15) is 4.79 Å². The van der Waals surface area contributed by atoms with Crippen molar-refractivity contribution < 1.29 is 4.79 Å². The topological polar surface area (TPSA) is 76.2 Å². The molecule has 4 rings (SSSR count). The van der Waals surface area contributed by atoms with E-state index in [2.05, 4.69) is 15.3 Å². The van der Waals surface area contributed by atoms with Crippen molar-refractivity contribution in [2.45, 2.75) is 18.9 Å². The summed E-state index contributed by atoms with van der Waals surface area (Å²) in [4.78, 5) is 14.6. The Balaban J connectivity index is 1.70. The average molecular weight is 249 g/mol. The molecule has 3 N–H and O–H groups in total. The van der Waals surface area contributed by atoms with Crippen molar-refractivity contribution in [2.75, 3.05) is 25.4 Å². The van der Waals surface area contributed by atoms with E-state index in [1.807, 2.05) is 0 Å². The normalized spacial score (nSPS) is 30.4. The van der Waals surface area contributed by atoms with Gasteiger partial charge in [-0.15, -0.1) is 0 Å². The molecule has 4 heterocycles. The molecule has 1 unspecified atom stereocenters. The third kappa shape index (κ3) is 1.86. The van der Waals surface area contributed by atoms with E-state index < -0.39 is 0 Å². The van der Waals surface area contributed by atoms with Gasteiger partial charge in [-0.3, -0.25) is 9.48 Å². The SMILES string of the molecule is Cn1ncc(C(=O)NC2CN3CCC2CC3)c1N. The standard InChI is InChI=1S/C12H19N5O/c1-16-11(13)9(6-14-16)12(18)15-10-7-17-4-2-8(10)3-5-17/h6,8,10H,2-5,7,13H2,1H3,(H,15,18). The first-order chi connectivity index (χ1) is 8.65. The number of hydrogen-bond acceptors (Lipinski definition) is 4. The minimum absolute atomic E-state index is 0.0978. The summed E-state index contributed by atoms with van der Waals surface area (Å²) in [5.41, 5.74) is 6.29. The number of carbonyl (C=O) groups is 1. The van der Waals surface area contributed by atoms with Gasteiger partial charge in [0.15, 0.2) is 0 Å². The number of nitrogen functional groups attached to an aromatic ring is 1. The van der Waals surface area contributed by atoms with Gasteiger partial charge in [0.25, 0.3) is 5.91 Å². The van der Waals surface area contributed by atoms with Crippen LogP contribution in [0.25, 0.3) is 0 Å². The molecule has 3 aliphatic rings. The molecule has 2 bridgehead atoms. The first-order valence-corrected chi connectivity index (χ1v) is 6.46. The Kier molecular flexibility index (Phi) is 2.74. The Morgan fingerprint density at radius 2 is 2.22 bits per heavy atom. The van der Waals surface area contributed by atoms with Crippen LogP contribution in [0.15, 0.2) is 6.20 Å². The van der Waals surface area contributed by atoms with Gasteiger partial charge in [-0.05, 0) is 31.8 Å². The summed E-state index contributed by atoms with van der Waals surface area (Å²) in [5, 5.41) is 7.11. The van der Waals surface area contributed by atoms with Crippen LogP contribution in [0.4, 0.5) is 5.82 Å². The number of carbonyl (C=O) groups excluding carboxylic acids is 1. The maximum Gasteiger partial charge on any atom is 0.256 e. The van der Waals surface area contributed by atoms with Gasteiger partial charge < -0.3 is 16.0 Å². The summed E-state index contributed by atoms with van der Waals surface area (Å²) in [6, 6.07) is 0.264. The fraction of sp³-hybridized carbons (Fsp3) is 0.667. The van der Waals surface area contributed by atoms with Crippen LogP contribution in [0.2, 0.25) is 0 Å². The molecule has 1 amide bonds. The van der Waals surface area contributed by atoms with E-state index in [1.54, 1.807) is 7.05 Å². The number of piperidine rings is 3. The minimum Gasteiger partial charge on any atom is -0.383 e. The molecule has 1 aromatic rings. The molecule has 1 atom stereocenters. The lowest BCUT2D eigenvalue weighted by Crippen LogP contribution is -2.57. The zero-order valence-electron chi connectivity index (χ0n) is 10.6. The maximum absolute atomic E-state index is 12.2. The number of rotatable bonds is 2. The predicted octanol–water partition coefficient (Wildman–Crippen LogP) is -0.174. The lowest BCUT2D eigenvalue weighted by molar-refractivity contribution is 0.0621. The van der Waals surface area contributed by atoms with Crippen molar-refractivity contribution in [3.05, 3.63) is 11.8 Å². The van der Waals surface area contributed by atoms with Gasteiger partial charge in [-0.2, -0.15) is 5.10 Å². The zero-order chi connectivity index (χ0) is 12.7. The number of fused-ring (bicyclic) bond motifs is 3. The summed E-state index contributed by atoms with van der Waals surface area (Å²) in [7, 11) is 1.74. The van der Waals surface area contributed by atoms with Crippen molar-refractivity contribution in [1.29, 1.82) is 0 Å². The van der Waals surface area contributed by atoms with E-state index in [4.69, 9.17) is 5.73 Å². The number of aryl methyl sites for hydroxylation is 1. The van der Waals surface area contributed by atoms with Gasteiger partial charge in [0.05, 0.1) is 6.20 Å². The molecule has 0 aromatic carbocycles. The smallest absolute Gasteiger partial charge is 0.256 e. The van der Waals surface area contributed by atoms with Gasteiger partial charge >= 0.3 is 0 Å². The predicted molar refractivity (Wildman–Crippen MR) is 68.0 cm³/mol. The summed E-state index contributed by atoms with van der Waals surface area (Å²) in [5.74, 6) is 0.949. The highest BCUT2D eigenvalue weighted by atomic mass is 16.1. The number of nitrogens with zero attached hydrogens (tertiary/aromatic N) is 3. The van der Waals surface area contributed by atoms with E-state index in [1.165, 1.54) is 36.8 Å². The van der Waals surface area contributed by atoms with Gasteiger partial charge in [0, 0.05) is 19.6 Å². The number of nitrogens with one attached hydrogen (secondary N) is 1. The van der Waals surface area contributed by atoms with Crippen LogP contribution in [-0.4, -0.2) is 46.3 Å². The molecule has 6 heteroatoms. The molecule has 3 fully saturated rings. The first-order valence-electron chi connectivity index (χ1n) is 6.46. The molecule has 0 spiro atoms. The molecule has 0 saturated carbocycles. The number of amides is 1. The Morgan fingerprint density at radius 1 is 1.50 bits per heavy atom. The average Bonchev–Trinajstić information content (AvgIpc) is 2.71. The van der Waals surface area contributed by atoms with Crippen LogP contribution in [0.1, 0.15) is 23.2 Å². The lowest BCUT2D eigenvalue weighted by Gasteiger charge is -2.44. The first kappa shape index (κ1) is 11.5. The van der Waals surface area contributed by atoms with Crippen LogP contribution < -0.4 is 11.1 Å². The van der Waals surface area contributed by atoms with Gasteiger partial charge in [-0.1, -0.05) is 0 Å². The Hall–Kier alpha value is -1.56. The molecule has 1 aromatic heterocycles. The lowest BCUT2D eigenvalue weighted by atomic mass is 9.84. The van der Waals surface area contributed by atoms with Crippen molar-refractivity contribution >= 4 is 11.7 Å². The fourth-order valence-corrected chi connectivity index (χ4v) is 3.00. The molecular weight excluding hydrogens is 230 g/mol. The fourth-order valence-electron chi connectivity index (χ4n) is 3.00. The van der Waals surface area contributed by atoms with Crippen LogP contribution in [-0.2, 0) is 7.05 Å². The van der Waals surface area contributed by atoms with Crippen molar-refractivity contribution in [2.24, 2.45) is 13.0 Å². The second-order valence-corrected chi connectivity index (χ2v) is 5.29. The third-order valence-corrected chi connectivity index (χ3v) is 4.20. The Bertz CT molecular complexity index is 461. The monoisotopic (exact) mass is 249 g/mol. The minimum atomic E-state index is -0.0978. The maximum atomic E-state index is 12.2. The van der Waals surface area contributed by atoms with E-state index in [0.29, 0.717) is 17.3 Å². The van der Waals surface area contributed by atoms with Crippen LogP contribution in [0, 0.1) is 5.92 Å². The Labute approximate surface area is 106 Å². The summed E-state index contributed by atoms with van der Waals surface area (Å²) in [6.45, 7) is 3.31. The largest absolute Gasteiger partial charge is 0.383 e. The van der Waals surface area contributed by atoms with Crippen molar-refractivity contribution in [1.82, 2.24) is 20.0 Å². The van der Waals surface area contributed by atoms with E-state index in [0.717, 1.165) is 6.54 Å². The number of anilines is 1.